The quantitative estimate of drug-likeness (QED) is 0.567. The van der Waals surface area contributed by atoms with Crippen molar-refractivity contribution in [3.8, 4) is 0 Å². The van der Waals surface area contributed by atoms with Crippen LogP contribution >= 0.6 is 0 Å². The van der Waals surface area contributed by atoms with Gasteiger partial charge in [0.25, 0.3) is 0 Å². The predicted molar refractivity (Wildman–Crippen MR) is 50.5 cm³/mol. The molecular weight excluding hydrogens is 166 g/mol. The highest BCUT2D eigenvalue weighted by Gasteiger charge is 2.45. The standard InChI is InChI=1S/C9H17N3O/c1-2-10-7-3-9(4-7)5-11-8(13)12-6-9/h7,10H,2-6H2,1H3,(H2,11,12,13). The number of hydrogen-bond acceptors (Lipinski definition) is 2. The fourth-order valence-electron chi connectivity index (χ4n) is 2.37. The highest BCUT2D eigenvalue weighted by Crippen LogP contribution is 2.40. The number of carbonyl (C=O) groups is 1. The number of carbonyl (C=O) groups excluding carboxylic acids is 1. The lowest BCUT2D eigenvalue weighted by atomic mass is 9.64. The van der Waals surface area contributed by atoms with Crippen LogP contribution in [0, 0.1) is 5.41 Å². The number of nitrogens with one attached hydrogen (secondary N) is 3. The molecule has 0 aromatic carbocycles. The van der Waals surface area contributed by atoms with Gasteiger partial charge in [-0.25, -0.2) is 4.79 Å². The lowest BCUT2D eigenvalue weighted by Crippen LogP contribution is -2.63. The van der Waals surface area contributed by atoms with Crippen molar-refractivity contribution >= 4 is 6.03 Å². The molecule has 1 saturated heterocycles. The second kappa shape index (κ2) is 3.18. The third-order valence-corrected chi connectivity index (χ3v) is 3.10. The van der Waals surface area contributed by atoms with Crippen molar-refractivity contribution in [2.75, 3.05) is 19.6 Å². The molecule has 0 bridgehead atoms. The molecule has 0 aromatic heterocycles. The highest BCUT2D eigenvalue weighted by molar-refractivity contribution is 5.74. The molecule has 0 radical (unpaired) electrons. The molecule has 74 valence electrons. The Morgan fingerprint density at radius 2 is 2.08 bits per heavy atom. The number of urea groups is 1. The van der Waals surface area contributed by atoms with Gasteiger partial charge in [-0.1, -0.05) is 6.92 Å². The molecule has 4 nitrogen and oxygen atoms in total. The van der Waals surface area contributed by atoms with E-state index in [4.69, 9.17) is 0 Å². The largest absolute Gasteiger partial charge is 0.338 e. The highest BCUT2D eigenvalue weighted by atomic mass is 16.2. The number of hydrogen-bond donors (Lipinski definition) is 3. The summed E-state index contributed by atoms with van der Waals surface area (Å²) < 4.78 is 0. The minimum absolute atomic E-state index is 0.0162. The summed E-state index contributed by atoms with van der Waals surface area (Å²) in [6.45, 7) is 4.87. The van der Waals surface area contributed by atoms with Crippen LogP contribution in [0.4, 0.5) is 4.79 Å². The van der Waals surface area contributed by atoms with Crippen molar-refractivity contribution in [1.29, 1.82) is 0 Å². The van der Waals surface area contributed by atoms with E-state index >= 15 is 0 Å². The minimum Gasteiger partial charge on any atom is -0.338 e. The van der Waals surface area contributed by atoms with Gasteiger partial charge in [0.1, 0.15) is 0 Å². The third-order valence-electron chi connectivity index (χ3n) is 3.10. The van der Waals surface area contributed by atoms with Crippen LogP contribution in [0.1, 0.15) is 19.8 Å². The molecule has 2 fully saturated rings. The van der Waals surface area contributed by atoms with Gasteiger partial charge in [0.15, 0.2) is 0 Å². The number of rotatable bonds is 2. The Balaban J connectivity index is 1.79. The van der Waals surface area contributed by atoms with Crippen molar-refractivity contribution in [1.82, 2.24) is 16.0 Å². The van der Waals surface area contributed by atoms with Crippen molar-refractivity contribution in [3.63, 3.8) is 0 Å². The van der Waals surface area contributed by atoms with Gasteiger partial charge in [-0.05, 0) is 19.4 Å². The average Bonchev–Trinajstić information content (AvgIpc) is 2.07. The SMILES string of the molecule is CCNC1CC2(CNC(=O)NC2)C1. The second-order valence-electron chi connectivity index (χ2n) is 4.20. The molecule has 3 N–H and O–H groups in total. The molecule has 2 aliphatic rings. The van der Waals surface area contributed by atoms with Gasteiger partial charge < -0.3 is 16.0 Å². The van der Waals surface area contributed by atoms with Crippen LogP contribution in [0.25, 0.3) is 0 Å². The van der Waals surface area contributed by atoms with Crippen molar-refractivity contribution in [2.45, 2.75) is 25.8 Å². The summed E-state index contributed by atoms with van der Waals surface area (Å²) in [5.74, 6) is 0. The van der Waals surface area contributed by atoms with Crippen LogP contribution < -0.4 is 16.0 Å². The average molecular weight is 183 g/mol. The normalized spacial score (nSPS) is 26.4. The molecule has 2 amide bonds. The molecule has 1 aliphatic carbocycles. The Kier molecular flexibility index (Phi) is 2.15. The van der Waals surface area contributed by atoms with E-state index in [1.54, 1.807) is 0 Å². The molecular formula is C9H17N3O. The van der Waals surface area contributed by atoms with Crippen molar-refractivity contribution in [2.24, 2.45) is 5.41 Å². The summed E-state index contributed by atoms with van der Waals surface area (Å²) in [6, 6.07) is 0.652. The Hall–Kier alpha value is -0.770. The topological polar surface area (TPSA) is 53.2 Å². The molecule has 2 rings (SSSR count). The van der Waals surface area contributed by atoms with Crippen LogP contribution in [-0.2, 0) is 0 Å². The van der Waals surface area contributed by atoms with Crippen LogP contribution in [0.5, 0.6) is 0 Å². The molecule has 1 aliphatic heterocycles. The molecule has 1 saturated carbocycles. The van der Waals surface area contributed by atoms with Crippen LogP contribution in [0.3, 0.4) is 0 Å². The maximum atomic E-state index is 10.9. The van der Waals surface area contributed by atoms with Gasteiger partial charge in [0, 0.05) is 24.5 Å². The Morgan fingerprint density at radius 1 is 1.46 bits per heavy atom. The summed E-state index contributed by atoms with van der Waals surface area (Å²) in [5.41, 5.74) is 0.348. The first-order valence-electron chi connectivity index (χ1n) is 4.99. The minimum atomic E-state index is -0.0162. The smallest absolute Gasteiger partial charge is 0.314 e. The van der Waals surface area contributed by atoms with Gasteiger partial charge in [0.2, 0.25) is 0 Å². The van der Waals surface area contributed by atoms with Crippen LogP contribution in [0.2, 0.25) is 0 Å². The van der Waals surface area contributed by atoms with Gasteiger partial charge in [-0.15, -0.1) is 0 Å². The van der Waals surface area contributed by atoms with E-state index in [0.717, 1.165) is 19.6 Å². The number of amides is 2. The van der Waals surface area contributed by atoms with Gasteiger partial charge in [0.05, 0.1) is 0 Å². The Morgan fingerprint density at radius 3 is 2.62 bits per heavy atom. The Labute approximate surface area is 78.5 Å². The van der Waals surface area contributed by atoms with E-state index in [2.05, 4.69) is 22.9 Å². The van der Waals surface area contributed by atoms with Crippen LogP contribution in [-0.4, -0.2) is 31.7 Å². The zero-order chi connectivity index (χ0) is 9.31. The lowest BCUT2D eigenvalue weighted by Gasteiger charge is -2.50. The second-order valence-corrected chi connectivity index (χ2v) is 4.20. The molecule has 13 heavy (non-hydrogen) atoms. The fraction of sp³-hybridized carbons (Fsp3) is 0.889. The summed E-state index contributed by atoms with van der Waals surface area (Å²) >= 11 is 0. The molecule has 1 spiro atoms. The zero-order valence-corrected chi connectivity index (χ0v) is 8.02. The van der Waals surface area contributed by atoms with E-state index in [0.29, 0.717) is 11.5 Å². The molecule has 0 unspecified atom stereocenters. The predicted octanol–water partition coefficient (Wildman–Crippen LogP) is 0.0575. The van der Waals surface area contributed by atoms with E-state index in [1.165, 1.54) is 12.8 Å². The molecule has 0 atom stereocenters. The summed E-state index contributed by atoms with van der Waals surface area (Å²) in [7, 11) is 0. The van der Waals surface area contributed by atoms with E-state index < -0.39 is 0 Å². The first-order valence-corrected chi connectivity index (χ1v) is 4.99. The third kappa shape index (κ3) is 1.63. The summed E-state index contributed by atoms with van der Waals surface area (Å²) in [6.07, 6.45) is 2.38. The van der Waals surface area contributed by atoms with E-state index in [1.807, 2.05) is 0 Å². The van der Waals surface area contributed by atoms with Gasteiger partial charge >= 0.3 is 6.03 Å². The maximum Gasteiger partial charge on any atom is 0.314 e. The summed E-state index contributed by atoms with van der Waals surface area (Å²) in [5, 5.41) is 9.14. The molecule has 0 aromatic rings. The van der Waals surface area contributed by atoms with E-state index in [9.17, 15) is 4.79 Å². The van der Waals surface area contributed by atoms with Gasteiger partial charge in [-0.2, -0.15) is 0 Å². The monoisotopic (exact) mass is 183 g/mol. The van der Waals surface area contributed by atoms with Crippen molar-refractivity contribution in [3.05, 3.63) is 0 Å². The Bertz CT molecular complexity index is 199. The van der Waals surface area contributed by atoms with E-state index in [-0.39, 0.29) is 6.03 Å². The fourth-order valence-corrected chi connectivity index (χ4v) is 2.37. The lowest BCUT2D eigenvalue weighted by molar-refractivity contribution is 0.0728. The van der Waals surface area contributed by atoms with Crippen LogP contribution in [0.15, 0.2) is 0 Å². The zero-order valence-electron chi connectivity index (χ0n) is 8.02. The summed E-state index contributed by atoms with van der Waals surface area (Å²) in [4.78, 5) is 10.9. The maximum absolute atomic E-state index is 10.9. The first-order chi connectivity index (χ1) is 6.24. The first kappa shape index (κ1) is 8.81. The molecule has 4 heteroatoms. The molecule has 1 heterocycles. The van der Waals surface area contributed by atoms with Crippen molar-refractivity contribution < 1.29 is 4.79 Å². The van der Waals surface area contributed by atoms with Gasteiger partial charge in [-0.3, -0.25) is 0 Å².